The lowest BCUT2D eigenvalue weighted by molar-refractivity contribution is 0.0775. The van der Waals surface area contributed by atoms with Gasteiger partial charge in [0.25, 0.3) is 5.91 Å². The number of rotatable bonds is 5. The summed E-state index contributed by atoms with van der Waals surface area (Å²) >= 11 is 0. The second-order valence-electron chi connectivity index (χ2n) is 6.73. The zero-order valence-corrected chi connectivity index (χ0v) is 15.9. The average molecular weight is 376 g/mol. The van der Waals surface area contributed by atoms with Crippen molar-refractivity contribution in [3.8, 4) is 0 Å². The number of carbonyl (C=O) groups excluding carboxylic acids is 1. The molecule has 7 heteroatoms. The van der Waals surface area contributed by atoms with E-state index in [9.17, 15) is 13.2 Å². The van der Waals surface area contributed by atoms with Gasteiger partial charge < -0.3 is 9.32 Å². The number of carbonyl (C=O) groups is 1. The molecule has 1 atom stereocenters. The van der Waals surface area contributed by atoms with E-state index in [4.69, 9.17) is 4.42 Å². The van der Waals surface area contributed by atoms with Crippen molar-refractivity contribution in [1.29, 1.82) is 0 Å². The van der Waals surface area contributed by atoms with Gasteiger partial charge in [0.1, 0.15) is 5.76 Å². The van der Waals surface area contributed by atoms with E-state index in [1.165, 1.54) is 17.0 Å². The molecule has 0 aliphatic carbocycles. The summed E-state index contributed by atoms with van der Waals surface area (Å²) in [5, 5.41) is 0. The summed E-state index contributed by atoms with van der Waals surface area (Å²) in [5.74, 6) is 0.510. The molecule has 1 aliphatic rings. The highest BCUT2D eigenvalue weighted by Gasteiger charge is 2.31. The average Bonchev–Trinajstić information content (AvgIpc) is 3.14. The van der Waals surface area contributed by atoms with Crippen molar-refractivity contribution in [2.45, 2.75) is 43.7 Å². The molecule has 1 aromatic carbocycles. The highest BCUT2D eigenvalue weighted by atomic mass is 32.2. The van der Waals surface area contributed by atoms with Crippen LogP contribution in [0.25, 0.3) is 0 Å². The maximum absolute atomic E-state index is 12.8. The summed E-state index contributed by atoms with van der Waals surface area (Å²) in [6.07, 6.45) is 4.39. The lowest BCUT2D eigenvalue weighted by Crippen LogP contribution is -2.41. The van der Waals surface area contributed by atoms with Crippen molar-refractivity contribution in [3.63, 3.8) is 0 Å². The summed E-state index contributed by atoms with van der Waals surface area (Å²) < 4.78 is 32.5. The van der Waals surface area contributed by atoms with E-state index in [1.807, 2.05) is 6.92 Å². The summed E-state index contributed by atoms with van der Waals surface area (Å²) in [6.45, 7) is 2.85. The van der Waals surface area contributed by atoms with Crippen molar-refractivity contribution in [2.75, 3.05) is 13.6 Å². The Morgan fingerprint density at radius 3 is 2.58 bits per heavy atom. The topological polar surface area (TPSA) is 70.8 Å². The zero-order valence-electron chi connectivity index (χ0n) is 15.1. The minimum absolute atomic E-state index is 0.00878. The van der Waals surface area contributed by atoms with Crippen LogP contribution >= 0.6 is 0 Å². The number of benzene rings is 1. The summed E-state index contributed by atoms with van der Waals surface area (Å²) in [7, 11) is -1.84. The third-order valence-corrected chi connectivity index (χ3v) is 6.80. The molecule has 2 heterocycles. The van der Waals surface area contributed by atoms with E-state index in [2.05, 4.69) is 0 Å². The monoisotopic (exact) mass is 376 g/mol. The number of nitrogens with zero attached hydrogens (tertiary/aromatic N) is 2. The molecule has 0 N–H and O–H groups in total. The number of furan rings is 1. The van der Waals surface area contributed by atoms with Crippen LogP contribution < -0.4 is 0 Å². The molecule has 1 aromatic heterocycles. The molecular formula is C19H24N2O4S. The first-order valence-corrected chi connectivity index (χ1v) is 10.2. The first-order valence-electron chi connectivity index (χ1n) is 8.79. The minimum atomic E-state index is -3.52. The number of hydrogen-bond acceptors (Lipinski definition) is 4. The van der Waals surface area contributed by atoms with Gasteiger partial charge in [-0.15, -0.1) is 0 Å². The fourth-order valence-electron chi connectivity index (χ4n) is 3.26. The number of amides is 1. The third-order valence-electron chi connectivity index (χ3n) is 4.77. The van der Waals surface area contributed by atoms with Crippen LogP contribution in [0.1, 0.15) is 42.3 Å². The quantitative estimate of drug-likeness (QED) is 0.804. The van der Waals surface area contributed by atoms with Gasteiger partial charge in [-0.05, 0) is 56.2 Å². The molecular weight excluding hydrogens is 352 g/mol. The maximum Gasteiger partial charge on any atom is 0.254 e. The third kappa shape index (κ3) is 3.83. The van der Waals surface area contributed by atoms with Gasteiger partial charge in [0.05, 0.1) is 17.7 Å². The largest absolute Gasteiger partial charge is 0.467 e. The molecule has 1 saturated heterocycles. The predicted molar refractivity (Wildman–Crippen MR) is 98.2 cm³/mol. The highest BCUT2D eigenvalue weighted by molar-refractivity contribution is 7.89. The first-order chi connectivity index (χ1) is 12.4. The normalized spacial score (nSPS) is 18.6. The first kappa shape index (κ1) is 18.7. The zero-order chi connectivity index (χ0) is 18.7. The molecule has 2 aromatic rings. The SMILES string of the molecule is C[C@@H]1CCCCN1S(=O)(=O)c1ccc(C(=O)N(C)Cc2ccco2)cc1. The van der Waals surface area contributed by atoms with Crippen LogP contribution in [0.15, 0.2) is 52.0 Å². The van der Waals surface area contributed by atoms with Crippen LogP contribution in [0.3, 0.4) is 0 Å². The van der Waals surface area contributed by atoms with Crippen LogP contribution in [0.4, 0.5) is 0 Å². The Labute approximate surface area is 154 Å². The van der Waals surface area contributed by atoms with Gasteiger partial charge in [-0.25, -0.2) is 8.42 Å². The smallest absolute Gasteiger partial charge is 0.254 e. The van der Waals surface area contributed by atoms with Crippen LogP contribution in [0, 0.1) is 0 Å². The molecule has 0 bridgehead atoms. The summed E-state index contributed by atoms with van der Waals surface area (Å²) in [6, 6.07) is 9.77. The number of hydrogen-bond donors (Lipinski definition) is 0. The molecule has 1 fully saturated rings. The van der Waals surface area contributed by atoms with Crippen LogP contribution in [-0.4, -0.2) is 43.2 Å². The van der Waals surface area contributed by atoms with Gasteiger partial charge in [-0.1, -0.05) is 6.42 Å². The maximum atomic E-state index is 12.8. The van der Waals surface area contributed by atoms with Crippen molar-refractivity contribution < 1.29 is 17.6 Å². The van der Waals surface area contributed by atoms with Gasteiger partial charge in [0.2, 0.25) is 10.0 Å². The number of piperidine rings is 1. The molecule has 3 rings (SSSR count). The van der Waals surface area contributed by atoms with Crippen molar-refractivity contribution in [3.05, 3.63) is 54.0 Å². The van der Waals surface area contributed by atoms with Gasteiger partial charge in [0.15, 0.2) is 0 Å². The second kappa shape index (κ2) is 7.63. The Kier molecular flexibility index (Phi) is 5.48. The molecule has 0 unspecified atom stereocenters. The molecule has 140 valence electrons. The Morgan fingerprint density at radius 1 is 1.23 bits per heavy atom. The summed E-state index contributed by atoms with van der Waals surface area (Å²) in [5.41, 5.74) is 0.449. The Hall–Kier alpha value is -2.12. The molecule has 1 aliphatic heterocycles. The van der Waals surface area contributed by atoms with Gasteiger partial charge >= 0.3 is 0 Å². The highest BCUT2D eigenvalue weighted by Crippen LogP contribution is 2.25. The summed E-state index contributed by atoms with van der Waals surface area (Å²) in [4.78, 5) is 14.3. The van der Waals surface area contributed by atoms with Crippen LogP contribution in [0.5, 0.6) is 0 Å². The van der Waals surface area contributed by atoms with Crippen LogP contribution in [0.2, 0.25) is 0 Å². The van der Waals surface area contributed by atoms with Crippen molar-refractivity contribution >= 4 is 15.9 Å². The molecule has 1 amide bonds. The van der Waals surface area contributed by atoms with Gasteiger partial charge in [0, 0.05) is 25.2 Å². The van der Waals surface area contributed by atoms with Crippen molar-refractivity contribution in [1.82, 2.24) is 9.21 Å². The Balaban J connectivity index is 1.74. The van der Waals surface area contributed by atoms with E-state index in [1.54, 1.807) is 41.9 Å². The standard InChI is InChI=1S/C19H24N2O4S/c1-15-6-3-4-12-21(15)26(23,24)18-10-8-16(9-11-18)19(22)20(2)14-17-7-5-13-25-17/h5,7-11,13,15H,3-4,6,12,14H2,1-2H3/t15-/m1/s1. The van der Waals surface area contributed by atoms with Gasteiger partial charge in [-0.3, -0.25) is 4.79 Å². The Bertz CT molecular complexity index is 844. The van der Waals surface area contributed by atoms with E-state index < -0.39 is 10.0 Å². The minimum Gasteiger partial charge on any atom is -0.467 e. The van der Waals surface area contributed by atoms with Crippen molar-refractivity contribution in [2.24, 2.45) is 0 Å². The second-order valence-corrected chi connectivity index (χ2v) is 8.62. The van der Waals surface area contributed by atoms with E-state index >= 15 is 0 Å². The fourth-order valence-corrected chi connectivity index (χ4v) is 4.96. The lowest BCUT2D eigenvalue weighted by atomic mass is 10.1. The molecule has 26 heavy (non-hydrogen) atoms. The number of sulfonamides is 1. The molecule has 0 radical (unpaired) electrons. The fraction of sp³-hybridized carbons (Fsp3) is 0.421. The Morgan fingerprint density at radius 2 is 1.96 bits per heavy atom. The van der Waals surface area contributed by atoms with E-state index in [-0.39, 0.29) is 16.8 Å². The molecule has 0 saturated carbocycles. The lowest BCUT2D eigenvalue weighted by Gasteiger charge is -2.32. The molecule has 0 spiro atoms. The van der Waals surface area contributed by atoms with Crippen LogP contribution in [-0.2, 0) is 16.6 Å². The van der Waals surface area contributed by atoms with E-state index in [0.717, 1.165) is 19.3 Å². The van der Waals surface area contributed by atoms with Gasteiger partial charge in [-0.2, -0.15) is 4.31 Å². The molecule has 6 nitrogen and oxygen atoms in total. The predicted octanol–water partition coefficient (Wildman–Crippen LogP) is 3.11. The van der Waals surface area contributed by atoms with E-state index in [0.29, 0.717) is 24.4 Å².